The summed E-state index contributed by atoms with van der Waals surface area (Å²) < 4.78 is 1.69. The van der Waals surface area contributed by atoms with Crippen molar-refractivity contribution in [2.24, 2.45) is 5.92 Å². The van der Waals surface area contributed by atoms with Gasteiger partial charge in [-0.15, -0.1) is 0 Å². The van der Waals surface area contributed by atoms with E-state index in [4.69, 9.17) is 4.98 Å². The van der Waals surface area contributed by atoms with Crippen molar-refractivity contribution in [3.63, 3.8) is 0 Å². The van der Waals surface area contributed by atoms with E-state index in [1.54, 1.807) is 10.6 Å². The molecule has 0 radical (unpaired) electrons. The molecule has 0 aliphatic heterocycles. The van der Waals surface area contributed by atoms with Crippen LogP contribution in [0.1, 0.15) is 45.5 Å². The molecule has 0 N–H and O–H groups in total. The van der Waals surface area contributed by atoms with Crippen LogP contribution in [0.3, 0.4) is 0 Å². The summed E-state index contributed by atoms with van der Waals surface area (Å²) in [5.74, 6) is 1.02. The van der Waals surface area contributed by atoms with Crippen molar-refractivity contribution in [3.8, 4) is 0 Å². The van der Waals surface area contributed by atoms with E-state index in [0.717, 1.165) is 12.8 Å². The zero-order chi connectivity index (χ0) is 16.6. The minimum atomic E-state index is -0.203. The molecule has 1 fully saturated rings. The lowest BCUT2D eigenvalue weighted by atomic mass is 10.2. The molecule has 5 nitrogen and oxygen atoms in total. The van der Waals surface area contributed by atoms with Crippen LogP contribution in [0.2, 0.25) is 0 Å². The van der Waals surface area contributed by atoms with Crippen LogP contribution in [-0.2, 0) is 11.3 Å². The molecule has 1 saturated carbocycles. The summed E-state index contributed by atoms with van der Waals surface area (Å²) in [7, 11) is 0. The monoisotopic (exact) mass is 313 g/mol. The molecule has 1 heterocycles. The van der Waals surface area contributed by atoms with Crippen molar-refractivity contribution in [1.82, 2.24) is 14.5 Å². The molecule has 0 spiro atoms. The van der Waals surface area contributed by atoms with Crippen molar-refractivity contribution < 1.29 is 4.79 Å². The van der Waals surface area contributed by atoms with Crippen LogP contribution >= 0.6 is 0 Å². The number of carbonyl (C=O) groups excluding carboxylic acids is 1. The minimum Gasteiger partial charge on any atom is -0.333 e. The summed E-state index contributed by atoms with van der Waals surface area (Å²) in [6, 6.07) is 7.19. The highest BCUT2D eigenvalue weighted by atomic mass is 16.2. The largest absolute Gasteiger partial charge is 0.333 e. The molecule has 0 saturated heterocycles. The van der Waals surface area contributed by atoms with E-state index >= 15 is 0 Å². The van der Waals surface area contributed by atoms with E-state index in [0.29, 0.717) is 29.8 Å². The third-order valence-corrected chi connectivity index (χ3v) is 4.60. The molecule has 1 atom stereocenters. The molecule has 23 heavy (non-hydrogen) atoms. The fourth-order valence-electron chi connectivity index (χ4n) is 3.13. The average Bonchev–Trinajstić information content (AvgIpc) is 3.40. The van der Waals surface area contributed by atoms with Gasteiger partial charge in [0.25, 0.3) is 5.56 Å². The maximum atomic E-state index is 12.7. The van der Waals surface area contributed by atoms with Crippen molar-refractivity contribution in [3.05, 3.63) is 40.4 Å². The molecule has 122 valence electrons. The van der Waals surface area contributed by atoms with Gasteiger partial charge in [-0.25, -0.2) is 4.98 Å². The lowest BCUT2D eigenvalue weighted by Crippen LogP contribution is -2.38. The average molecular weight is 313 g/mol. The smallest absolute Gasteiger partial charge is 0.261 e. The summed E-state index contributed by atoms with van der Waals surface area (Å²) in [5, 5.41) is 0.627. The molecule has 3 rings (SSSR count). The van der Waals surface area contributed by atoms with Gasteiger partial charge in [0.2, 0.25) is 5.91 Å². The lowest BCUT2D eigenvalue weighted by Gasteiger charge is -2.29. The molecule has 1 aliphatic rings. The van der Waals surface area contributed by atoms with Gasteiger partial charge in [-0.1, -0.05) is 12.1 Å². The van der Waals surface area contributed by atoms with Gasteiger partial charge < -0.3 is 4.90 Å². The van der Waals surface area contributed by atoms with Crippen LogP contribution in [0.15, 0.2) is 29.1 Å². The maximum Gasteiger partial charge on any atom is 0.261 e. The number of hydrogen-bond acceptors (Lipinski definition) is 3. The zero-order valence-electron chi connectivity index (χ0n) is 14.0. The normalized spacial score (nSPS) is 15.6. The highest BCUT2D eigenvalue weighted by Gasteiger charge is 2.36. The van der Waals surface area contributed by atoms with Crippen molar-refractivity contribution in [1.29, 1.82) is 0 Å². The first-order valence-electron chi connectivity index (χ1n) is 8.38. The van der Waals surface area contributed by atoms with Gasteiger partial charge in [0.15, 0.2) is 0 Å². The van der Waals surface area contributed by atoms with Crippen molar-refractivity contribution >= 4 is 16.8 Å². The third kappa shape index (κ3) is 2.76. The number of fused-ring (bicyclic) bond motifs is 1. The quantitative estimate of drug-likeness (QED) is 0.853. The fraction of sp³-hybridized carbons (Fsp3) is 0.500. The van der Waals surface area contributed by atoms with Crippen molar-refractivity contribution in [2.75, 3.05) is 6.54 Å². The van der Waals surface area contributed by atoms with E-state index < -0.39 is 0 Å². The zero-order valence-corrected chi connectivity index (χ0v) is 14.0. The van der Waals surface area contributed by atoms with Gasteiger partial charge in [0.05, 0.1) is 16.9 Å². The topological polar surface area (TPSA) is 55.2 Å². The fourth-order valence-corrected chi connectivity index (χ4v) is 3.13. The van der Waals surface area contributed by atoms with Crippen LogP contribution in [-0.4, -0.2) is 26.9 Å². The number of para-hydroxylation sites is 1. The van der Waals surface area contributed by atoms with Crippen LogP contribution in [0.25, 0.3) is 10.9 Å². The molecule has 1 amide bonds. The first kappa shape index (κ1) is 15.7. The maximum absolute atomic E-state index is 12.7. The number of hydrogen-bond donors (Lipinski definition) is 0. The molecular formula is C18H23N3O2. The number of benzene rings is 1. The summed E-state index contributed by atoms with van der Waals surface area (Å²) in [6.07, 6.45) is 1.96. The number of amides is 1. The highest BCUT2D eigenvalue weighted by molar-refractivity contribution is 5.81. The Morgan fingerprint density at radius 1 is 1.35 bits per heavy atom. The molecule has 5 heteroatoms. The van der Waals surface area contributed by atoms with E-state index in [-0.39, 0.29) is 23.4 Å². The van der Waals surface area contributed by atoms with Crippen LogP contribution in [0.4, 0.5) is 0 Å². The first-order chi connectivity index (χ1) is 11.1. The number of carbonyl (C=O) groups is 1. The summed E-state index contributed by atoms with van der Waals surface area (Å²) in [6.45, 7) is 7.06. The Hall–Kier alpha value is -2.17. The van der Waals surface area contributed by atoms with Gasteiger partial charge in [-0.3, -0.25) is 14.2 Å². The Bertz CT molecular complexity index is 792. The number of aromatic nitrogens is 2. The Morgan fingerprint density at radius 3 is 2.65 bits per heavy atom. The Labute approximate surface area is 135 Å². The summed E-state index contributed by atoms with van der Waals surface area (Å²) in [5.41, 5.74) is 0.661. The lowest BCUT2D eigenvalue weighted by molar-refractivity contribution is -0.134. The second-order valence-electron chi connectivity index (χ2n) is 6.11. The molecule has 1 aromatic carbocycles. The second kappa shape index (κ2) is 6.14. The minimum absolute atomic E-state index is 0.0325. The Kier molecular flexibility index (Phi) is 4.20. The van der Waals surface area contributed by atoms with Crippen LogP contribution in [0, 0.1) is 5.92 Å². The molecular weight excluding hydrogens is 290 g/mol. The third-order valence-electron chi connectivity index (χ3n) is 4.60. The predicted molar refractivity (Wildman–Crippen MR) is 90.2 cm³/mol. The number of nitrogens with zero attached hydrogens (tertiary/aromatic N) is 3. The highest BCUT2D eigenvalue weighted by Crippen LogP contribution is 2.33. The second-order valence-corrected chi connectivity index (χ2v) is 6.11. The molecule has 1 aliphatic carbocycles. The van der Waals surface area contributed by atoms with Gasteiger partial charge in [0, 0.05) is 19.0 Å². The van der Waals surface area contributed by atoms with Gasteiger partial charge >= 0.3 is 0 Å². The van der Waals surface area contributed by atoms with Gasteiger partial charge in [-0.05, 0) is 45.7 Å². The van der Waals surface area contributed by atoms with Gasteiger partial charge in [0.1, 0.15) is 5.82 Å². The molecule has 2 aromatic rings. The number of rotatable bonds is 5. The van der Waals surface area contributed by atoms with E-state index in [1.165, 1.54) is 0 Å². The van der Waals surface area contributed by atoms with E-state index in [1.807, 2.05) is 43.9 Å². The molecule has 1 unspecified atom stereocenters. The van der Waals surface area contributed by atoms with E-state index in [9.17, 15) is 9.59 Å². The van der Waals surface area contributed by atoms with Gasteiger partial charge in [-0.2, -0.15) is 0 Å². The molecule has 0 bridgehead atoms. The Balaban J connectivity index is 2.10. The van der Waals surface area contributed by atoms with Crippen LogP contribution in [0.5, 0.6) is 0 Å². The summed E-state index contributed by atoms with van der Waals surface area (Å²) in [4.78, 5) is 31.8. The first-order valence-corrected chi connectivity index (χ1v) is 8.38. The summed E-state index contributed by atoms with van der Waals surface area (Å²) >= 11 is 0. The van der Waals surface area contributed by atoms with Crippen LogP contribution < -0.4 is 5.56 Å². The standard InChI is InChI=1S/C18H23N3O2/c1-4-20(17(22)13-10-11-13)12(3)16-19-15-9-7-6-8-14(15)18(23)21(16)5-2/h6-9,12-13H,4-5,10-11H2,1-3H3. The van der Waals surface area contributed by atoms with Crippen molar-refractivity contribution in [2.45, 2.75) is 46.2 Å². The SMILES string of the molecule is CCN(C(=O)C1CC1)C(C)c1nc2ccccc2c(=O)n1CC. The Morgan fingerprint density at radius 2 is 2.04 bits per heavy atom. The molecule has 1 aromatic heterocycles. The predicted octanol–water partition coefficient (Wildman–Crippen LogP) is 2.74. The van der Waals surface area contributed by atoms with E-state index in [2.05, 4.69) is 0 Å².